The Bertz CT molecular complexity index is 1170. The summed E-state index contributed by atoms with van der Waals surface area (Å²) in [5.74, 6) is 0.457. The number of fused-ring (bicyclic) bond motifs is 1. The quantitative estimate of drug-likeness (QED) is 0.683. The molecule has 0 fully saturated rings. The van der Waals surface area contributed by atoms with Gasteiger partial charge in [-0.2, -0.15) is 0 Å². The van der Waals surface area contributed by atoms with E-state index in [2.05, 4.69) is 28.3 Å². The van der Waals surface area contributed by atoms with E-state index >= 15 is 0 Å². The van der Waals surface area contributed by atoms with Crippen LogP contribution in [0, 0.1) is 5.92 Å². The molecule has 7 heteroatoms. The standard InChI is InChI=1S/C23H23N5O2/c1-15-9-17-7-8-25-11-19(17)10-18(15)12-26-21(29)14-28-22(16-5-3-2-4-6-16)27-13-20(24)23(28)30/h2-8,10-11,13,15H,9,12,14,24H2,1H3,(H,26,29). The minimum Gasteiger partial charge on any atom is -0.393 e. The van der Waals surface area contributed by atoms with Crippen LogP contribution < -0.4 is 16.6 Å². The van der Waals surface area contributed by atoms with Gasteiger partial charge in [0.1, 0.15) is 18.1 Å². The van der Waals surface area contributed by atoms with E-state index in [-0.39, 0.29) is 18.1 Å². The highest BCUT2D eigenvalue weighted by atomic mass is 16.2. The third-order valence-electron chi connectivity index (χ3n) is 5.34. The van der Waals surface area contributed by atoms with Crippen molar-refractivity contribution in [3.8, 4) is 11.4 Å². The Kier molecular flexibility index (Phi) is 5.43. The van der Waals surface area contributed by atoms with Crippen molar-refractivity contribution in [1.82, 2.24) is 19.9 Å². The molecule has 2 aromatic heterocycles. The number of hydrogen-bond acceptors (Lipinski definition) is 5. The molecular formula is C23H23N5O2. The summed E-state index contributed by atoms with van der Waals surface area (Å²) in [6.45, 7) is 2.40. The molecule has 152 valence electrons. The maximum Gasteiger partial charge on any atom is 0.277 e. The summed E-state index contributed by atoms with van der Waals surface area (Å²) in [7, 11) is 0. The SMILES string of the molecule is CC1Cc2ccncc2C=C1CNC(=O)Cn1c(-c2ccccc2)ncc(N)c1=O. The first-order chi connectivity index (χ1) is 14.5. The van der Waals surface area contributed by atoms with Gasteiger partial charge in [-0.05, 0) is 35.1 Å². The minimum absolute atomic E-state index is 0.00944. The van der Waals surface area contributed by atoms with E-state index in [1.54, 1.807) is 6.20 Å². The summed E-state index contributed by atoms with van der Waals surface area (Å²) in [6.07, 6.45) is 7.97. The molecule has 0 saturated heterocycles. The normalized spacial score (nSPS) is 15.2. The number of carbonyl (C=O) groups excluding carboxylic acids is 1. The smallest absolute Gasteiger partial charge is 0.277 e. The highest BCUT2D eigenvalue weighted by Gasteiger charge is 2.19. The molecule has 0 radical (unpaired) electrons. The van der Waals surface area contributed by atoms with Gasteiger partial charge in [-0.15, -0.1) is 0 Å². The molecule has 2 heterocycles. The van der Waals surface area contributed by atoms with E-state index < -0.39 is 5.56 Å². The molecular weight excluding hydrogens is 378 g/mol. The van der Waals surface area contributed by atoms with Crippen molar-refractivity contribution >= 4 is 17.7 Å². The number of benzene rings is 1. The third kappa shape index (κ3) is 4.00. The first-order valence-electron chi connectivity index (χ1n) is 9.83. The second-order valence-corrected chi connectivity index (χ2v) is 7.47. The summed E-state index contributed by atoms with van der Waals surface area (Å²) in [5, 5.41) is 2.93. The summed E-state index contributed by atoms with van der Waals surface area (Å²) in [6, 6.07) is 11.3. The van der Waals surface area contributed by atoms with Crippen LogP contribution in [-0.4, -0.2) is 27.0 Å². The van der Waals surface area contributed by atoms with Gasteiger partial charge in [0.2, 0.25) is 5.91 Å². The van der Waals surface area contributed by atoms with Crippen LogP contribution in [0.4, 0.5) is 5.69 Å². The number of nitrogens with two attached hydrogens (primary N) is 1. The van der Waals surface area contributed by atoms with E-state index in [1.807, 2.05) is 42.6 Å². The molecule has 1 aliphatic rings. The van der Waals surface area contributed by atoms with Gasteiger partial charge < -0.3 is 11.1 Å². The van der Waals surface area contributed by atoms with Crippen LogP contribution in [0.3, 0.4) is 0 Å². The molecule has 3 aromatic rings. The highest BCUT2D eigenvalue weighted by Crippen LogP contribution is 2.27. The van der Waals surface area contributed by atoms with Gasteiger partial charge in [-0.3, -0.25) is 19.1 Å². The molecule has 0 aliphatic heterocycles. The number of nitrogen functional groups attached to an aromatic ring is 1. The van der Waals surface area contributed by atoms with E-state index in [1.165, 1.54) is 16.3 Å². The van der Waals surface area contributed by atoms with E-state index in [4.69, 9.17) is 5.73 Å². The van der Waals surface area contributed by atoms with Crippen LogP contribution in [0.2, 0.25) is 0 Å². The number of anilines is 1. The molecule has 1 unspecified atom stereocenters. The second kappa shape index (κ2) is 8.32. The van der Waals surface area contributed by atoms with Crippen molar-refractivity contribution < 1.29 is 4.79 Å². The third-order valence-corrected chi connectivity index (χ3v) is 5.34. The number of pyridine rings is 1. The van der Waals surface area contributed by atoms with Crippen LogP contribution in [0.5, 0.6) is 0 Å². The fourth-order valence-corrected chi connectivity index (χ4v) is 3.65. The van der Waals surface area contributed by atoms with E-state index in [0.717, 1.165) is 23.1 Å². The Morgan fingerprint density at radius 2 is 2.03 bits per heavy atom. The Labute approximate surface area is 174 Å². The van der Waals surface area contributed by atoms with E-state index in [9.17, 15) is 9.59 Å². The molecule has 1 aromatic carbocycles. The number of aromatic nitrogens is 3. The van der Waals surface area contributed by atoms with Gasteiger partial charge in [-0.1, -0.05) is 43.3 Å². The maximum absolute atomic E-state index is 12.7. The summed E-state index contributed by atoms with van der Waals surface area (Å²) in [5.41, 5.74) is 9.56. The predicted octanol–water partition coefficient (Wildman–Crippen LogP) is 2.28. The first-order valence-corrected chi connectivity index (χ1v) is 9.83. The van der Waals surface area contributed by atoms with Crippen LogP contribution in [0.25, 0.3) is 17.5 Å². The maximum atomic E-state index is 12.7. The summed E-state index contributed by atoms with van der Waals surface area (Å²) < 4.78 is 1.32. The fraction of sp³-hybridized carbons (Fsp3) is 0.217. The summed E-state index contributed by atoms with van der Waals surface area (Å²) >= 11 is 0. The molecule has 30 heavy (non-hydrogen) atoms. The summed E-state index contributed by atoms with van der Waals surface area (Å²) in [4.78, 5) is 33.7. The molecule has 1 amide bonds. The molecule has 0 spiro atoms. The largest absolute Gasteiger partial charge is 0.393 e. The van der Waals surface area contributed by atoms with Crippen LogP contribution >= 0.6 is 0 Å². The Morgan fingerprint density at radius 1 is 1.23 bits per heavy atom. The van der Waals surface area contributed by atoms with Crippen molar-refractivity contribution in [2.24, 2.45) is 5.92 Å². The lowest BCUT2D eigenvalue weighted by molar-refractivity contribution is -0.121. The van der Waals surface area contributed by atoms with Crippen molar-refractivity contribution in [3.05, 3.63) is 82.0 Å². The number of nitrogens with zero attached hydrogens (tertiary/aromatic N) is 3. The van der Waals surface area contributed by atoms with Crippen LogP contribution in [0.1, 0.15) is 18.1 Å². The number of hydrogen-bond donors (Lipinski definition) is 2. The van der Waals surface area contributed by atoms with Crippen molar-refractivity contribution in [2.45, 2.75) is 19.9 Å². The molecule has 0 bridgehead atoms. The molecule has 4 rings (SSSR count). The van der Waals surface area contributed by atoms with Gasteiger partial charge in [0.25, 0.3) is 5.56 Å². The molecule has 1 aliphatic carbocycles. The fourth-order valence-electron chi connectivity index (χ4n) is 3.65. The zero-order valence-corrected chi connectivity index (χ0v) is 16.7. The number of amides is 1. The van der Waals surface area contributed by atoms with Crippen molar-refractivity contribution in [3.63, 3.8) is 0 Å². The lowest BCUT2D eigenvalue weighted by Gasteiger charge is -2.23. The molecule has 0 saturated carbocycles. The van der Waals surface area contributed by atoms with Gasteiger partial charge in [0, 0.05) is 24.5 Å². The van der Waals surface area contributed by atoms with Gasteiger partial charge in [0.15, 0.2) is 0 Å². The van der Waals surface area contributed by atoms with Gasteiger partial charge in [-0.25, -0.2) is 4.98 Å². The molecule has 1 atom stereocenters. The zero-order chi connectivity index (χ0) is 21.1. The topological polar surface area (TPSA) is 103 Å². The van der Waals surface area contributed by atoms with Gasteiger partial charge in [0.05, 0.1) is 6.20 Å². The Hall–Kier alpha value is -3.74. The van der Waals surface area contributed by atoms with Crippen molar-refractivity contribution in [1.29, 1.82) is 0 Å². The number of carbonyl (C=O) groups is 1. The Balaban J connectivity index is 1.52. The highest BCUT2D eigenvalue weighted by molar-refractivity contribution is 5.77. The van der Waals surface area contributed by atoms with E-state index in [0.29, 0.717) is 18.3 Å². The average Bonchev–Trinajstić information content (AvgIpc) is 2.76. The molecule has 3 N–H and O–H groups in total. The van der Waals surface area contributed by atoms with Crippen molar-refractivity contribution in [2.75, 3.05) is 12.3 Å². The predicted molar refractivity (Wildman–Crippen MR) is 116 cm³/mol. The first kappa shape index (κ1) is 19.6. The lowest BCUT2D eigenvalue weighted by Crippen LogP contribution is -2.36. The monoisotopic (exact) mass is 401 g/mol. The number of nitrogens with one attached hydrogen (secondary N) is 1. The average molecular weight is 401 g/mol. The molecule has 7 nitrogen and oxygen atoms in total. The zero-order valence-electron chi connectivity index (χ0n) is 16.7. The minimum atomic E-state index is -0.427. The second-order valence-electron chi connectivity index (χ2n) is 7.47. The van der Waals surface area contributed by atoms with Crippen LogP contribution in [-0.2, 0) is 17.8 Å². The van der Waals surface area contributed by atoms with Crippen LogP contribution in [0.15, 0.2) is 65.4 Å². The van der Waals surface area contributed by atoms with Gasteiger partial charge >= 0.3 is 0 Å². The lowest BCUT2D eigenvalue weighted by atomic mass is 9.85. The Morgan fingerprint density at radius 3 is 2.83 bits per heavy atom. The number of rotatable bonds is 5.